The largest absolute Gasteiger partial charge is 0.493 e. The molecule has 1 N–H and O–H groups in total. The molecule has 0 aliphatic carbocycles. The summed E-state index contributed by atoms with van der Waals surface area (Å²) in [6.45, 7) is 2.13. The van der Waals surface area contributed by atoms with Crippen molar-refractivity contribution in [3.8, 4) is 11.5 Å². The number of nitrogens with zero attached hydrogens (tertiary/aromatic N) is 2. The minimum absolute atomic E-state index is 0.413. The van der Waals surface area contributed by atoms with Crippen molar-refractivity contribution in [1.29, 1.82) is 0 Å². The molecule has 0 atom stereocenters. The quantitative estimate of drug-likeness (QED) is 0.516. The van der Waals surface area contributed by atoms with Crippen LogP contribution >= 0.6 is 0 Å². The van der Waals surface area contributed by atoms with Gasteiger partial charge in [-0.05, 0) is 31.2 Å². The lowest BCUT2D eigenvalue weighted by molar-refractivity contribution is 0.284. The van der Waals surface area contributed by atoms with Gasteiger partial charge in [-0.25, -0.2) is 0 Å². The molecule has 0 bridgehead atoms. The SMILES string of the molecule is COc1cc(/C(C)=N/O)ccc1OCc1cccnc1. The first-order valence-corrected chi connectivity index (χ1v) is 6.13. The molecule has 1 heterocycles. The molecule has 5 heteroatoms. The van der Waals surface area contributed by atoms with Crippen molar-refractivity contribution in [3.05, 3.63) is 53.9 Å². The topological polar surface area (TPSA) is 63.9 Å². The molecular formula is C15H16N2O3. The van der Waals surface area contributed by atoms with Crippen molar-refractivity contribution < 1.29 is 14.7 Å². The van der Waals surface area contributed by atoms with Crippen LogP contribution in [0.4, 0.5) is 0 Å². The first-order valence-electron chi connectivity index (χ1n) is 6.13. The molecule has 20 heavy (non-hydrogen) atoms. The lowest BCUT2D eigenvalue weighted by Gasteiger charge is -2.11. The molecule has 0 unspecified atom stereocenters. The van der Waals surface area contributed by atoms with Gasteiger partial charge >= 0.3 is 0 Å². The highest BCUT2D eigenvalue weighted by molar-refractivity contribution is 5.98. The maximum Gasteiger partial charge on any atom is 0.161 e. The zero-order chi connectivity index (χ0) is 14.4. The van der Waals surface area contributed by atoms with Crippen LogP contribution in [0.1, 0.15) is 18.1 Å². The van der Waals surface area contributed by atoms with E-state index in [1.807, 2.05) is 18.2 Å². The summed E-state index contributed by atoms with van der Waals surface area (Å²) in [5.74, 6) is 1.22. The maximum absolute atomic E-state index is 8.78. The molecule has 0 radical (unpaired) electrons. The van der Waals surface area contributed by atoms with Crippen LogP contribution in [0.2, 0.25) is 0 Å². The number of ether oxygens (including phenoxy) is 2. The Morgan fingerprint density at radius 1 is 1.30 bits per heavy atom. The molecule has 1 aromatic carbocycles. The van der Waals surface area contributed by atoms with E-state index in [2.05, 4.69) is 10.1 Å². The van der Waals surface area contributed by atoms with Crippen LogP contribution in [0, 0.1) is 0 Å². The van der Waals surface area contributed by atoms with Crippen molar-refractivity contribution in [2.45, 2.75) is 13.5 Å². The molecule has 5 nitrogen and oxygen atoms in total. The average Bonchev–Trinajstić information content (AvgIpc) is 2.53. The van der Waals surface area contributed by atoms with Crippen molar-refractivity contribution in [3.63, 3.8) is 0 Å². The van der Waals surface area contributed by atoms with Gasteiger partial charge in [-0.3, -0.25) is 4.98 Å². The second kappa shape index (κ2) is 6.56. The maximum atomic E-state index is 8.78. The first kappa shape index (κ1) is 13.9. The lowest BCUT2D eigenvalue weighted by Crippen LogP contribution is -2.00. The van der Waals surface area contributed by atoms with Crippen molar-refractivity contribution in [2.24, 2.45) is 5.16 Å². The van der Waals surface area contributed by atoms with E-state index < -0.39 is 0 Å². The summed E-state index contributed by atoms with van der Waals surface area (Å²) in [6, 6.07) is 9.18. The van der Waals surface area contributed by atoms with Gasteiger partial charge < -0.3 is 14.7 Å². The highest BCUT2D eigenvalue weighted by Crippen LogP contribution is 2.29. The molecule has 0 amide bonds. The van der Waals surface area contributed by atoms with Crippen molar-refractivity contribution in [1.82, 2.24) is 4.98 Å². The number of oxime groups is 1. The third kappa shape index (κ3) is 3.26. The van der Waals surface area contributed by atoms with Crippen LogP contribution in [0.25, 0.3) is 0 Å². The monoisotopic (exact) mass is 272 g/mol. The third-order valence-electron chi connectivity index (χ3n) is 2.85. The van der Waals surface area contributed by atoms with E-state index in [0.717, 1.165) is 11.1 Å². The van der Waals surface area contributed by atoms with Gasteiger partial charge in [0.15, 0.2) is 11.5 Å². The Kier molecular flexibility index (Phi) is 4.55. The molecule has 104 valence electrons. The normalized spacial score (nSPS) is 11.2. The molecule has 0 saturated carbocycles. The summed E-state index contributed by atoms with van der Waals surface area (Å²) in [5.41, 5.74) is 2.27. The van der Waals surface area contributed by atoms with E-state index in [-0.39, 0.29) is 0 Å². The molecule has 0 aliphatic rings. The first-order chi connectivity index (χ1) is 9.74. The standard InChI is InChI=1S/C15H16N2O3/c1-11(17-18)13-5-6-14(15(8-13)19-2)20-10-12-4-3-7-16-9-12/h3-9,18H,10H2,1-2H3/b17-11+. The van der Waals surface area contributed by atoms with Crippen molar-refractivity contribution in [2.75, 3.05) is 7.11 Å². The number of pyridine rings is 1. The Bertz CT molecular complexity index is 597. The van der Waals surface area contributed by atoms with Gasteiger partial charge in [0.25, 0.3) is 0 Å². The Hall–Kier alpha value is -2.56. The number of aromatic nitrogens is 1. The van der Waals surface area contributed by atoms with Crippen molar-refractivity contribution >= 4 is 5.71 Å². The molecule has 0 aliphatic heterocycles. The van der Waals surface area contributed by atoms with E-state index >= 15 is 0 Å². The fraction of sp³-hybridized carbons (Fsp3) is 0.200. The second-order valence-corrected chi connectivity index (χ2v) is 4.20. The van der Waals surface area contributed by atoms with Gasteiger partial charge in [0.1, 0.15) is 6.61 Å². The van der Waals surface area contributed by atoms with Crippen LogP contribution < -0.4 is 9.47 Å². The Balaban J connectivity index is 2.16. The summed E-state index contributed by atoms with van der Waals surface area (Å²) >= 11 is 0. The van der Waals surface area contributed by atoms with Gasteiger partial charge in [-0.15, -0.1) is 0 Å². The van der Waals surface area contributed by atoms with Crippen LogP contribution in [-0.2, 0) is 6.61 Å². The van der Waals surface area contributed by atoms with Gasteiger partial charge in [-0.2, -0.15) is 0 Å². The molecule has 0 spiro atoms. The lowest BCUT2D eigenvalue weighted by atomic mass is 10.1. The van der Waals surface area contributed by atoms with Gasteiger partial charge in [0, 0.05) is 23.5 Å². The molecule has 0 saturated heterocycles. The Labute approximate surface area is 117 Å². The van der Waals surface area contributed by atoms with Gasteiger partial charge in [0.2, 0.25) is 0 Å². The Morgan fingerprint density at radius 3 is 2.80 bits per heavy atom. The summed E-state index contributed by atoms with van der Waals surface area (Å²) in [4.78, 5) is 4.03. The third-order valence-corrected chi connectivity index (χ3v) is 2.85. The van der Waals surface area contributed by atoms with E-state index in [0.29, 0.717) is 23.8 Å². The summed E-state index contributed by atoms with van der Waals surface area (Å²) in [7, 11) is 1.57. The fourth-order valence-electron chi connectivity index (χ4n) is 1.71. The van der Waals surface area contributed by atoms with Crippen LogP contribution in [0.15, 0.2) is 47.9 Å². The summed E-state index contributed by atoms with van der Waals surface area (Å²) < 4.78 is 11.0. The minimum atomic E-state index is 0.413. The van der Waals surface area contributed by atoms with E-state index in [9.17, 15) is 0 Å². The predicted octanol–water partition coefficient (Wildman–Crippen LogP) is 2.87. The summed E-state index contributed by atoms with van der Waals surface area (Å²) in [6.07, 6.45) is 3.47. The van der Waals surface area contributed by atoms with E-state index in [1.165, 1.54) is 0 Å². The Morgan fingerprint density at radius 2 is 2.15 bits per heavy atom. The molecule has 1 aromatic heterocycles. The number of methoxy groups -OCH3 is 1. The summed E-state index contributed by atoms with van der Waals surface area (Å²) in [5, 5.41) is 12.0. The molecular weight excluding hydrogens is 256 g/mol. The molecule has 2 rings (SSSR count). The van der Waals surface area contributed by atoms with E-state index in [1.54, 1.807) is 38.6 Å². The smallest absolute Gasteiger partial charge is 0.161 e. The number of rotatable bonds is 5. The highest BCUT2D eigenvalue weighted by Gasteiger charge is 2.08. The highest BCUT2D eigenvalue weighted by atomic mass is 16.5. The van der Waals surface area contributed by atoms with Crippen LogP contribution in [0.3, 0.4) is 0 Å². The molecule has 0 fully saturated rings. The number of hydrogen-bond donors (Lipinski definition) is 1. The minimum Gasteiger partial charge on any atom is -0.493 e. The fourth-order valence-corrected chi connectivity index (χ4v) is 1.71. The van der Waals surface area contributed by atoms with Crippen LogP contribution in [-0.4, -0.2) is 23.0 Å². The predicted molar refractivity (Wildman–Crippen MR) is 75.6 cm³/mol. The number of benzene rings is 1. The van der Waals surface area contributed by atoms with Gasteiger partial charge in [-0.1, -0.05) is 11.2 Å². The number of hydrogen-bond acceptors (Lipinski definition) is 5. The zero-order valence-corrected chi connectivity index (χ0v) is 11.4. The van der Waals surface area contributed by atoms with Gasteiger partial charge in [0.05, 0.1) is 12.8 Å². The zero-order valence-electron chi connectivity index (χ0n) is 11.4. The van der Waals surface area contributed by atoms with E-state index in [4.69, 9.17) is 14.7 Å². The van der Waals surface area contributed by atoms with Crippen LogP contribution in [0.5, 0.6) is 11.5 Å². The average molecular weight is 272 g/mol. The molecule has 2 aromatic rings. The second-order valence-electron chi connectivity index (χ2n) is 4.20.